The fraction of sp³-hybridized carbons (Fsp3) is 0.250. The van der Waals surface area contributed by atoms with E-state index >= 15 is 0 Å². The lowest BCUT2D eigenvalue weighted by molar-refractivity contribution is -0.131. The Morgan fingerprint density at radius 2 is 2.31 bits per heavy atom. The molecule has 1 heterocycles. The number of hydrogen-bond acceptors (Lipinski definition) is 4. The molecule has 0 radical (unpaired) electrons. The molecule has 4 nitrogen and oxygen atoms in total. The zero-order chi connectivity index (χ0) is 9.84. The molecule has 13 heavy (non-hydrogen) atoms. The molecule has 1 aromatic rings. The van der Waals surface area contributed by atoms with Crippen LogP contribution in [0.25, 0.3) is 0 Å². The Hall–Kier alpha value is -1.36. The number of carbonyl (C=O) groups excluding carboxylic acids is 2. The summed E-state index contributed by atoms with van der Waals surface area (Å²) in [5, 5.41) is 2.20. The molecule has 0 fully saturated rings. The van der Waals surface area contributed by atoms with Gasteiger partial charge in [-0.15, -0.1) is 11.3 Å². The number of nitrogens with two attached hydrogens (primary N) is 1. The quantitative estimate of drug-likeness (QED) is 0.728. The highest BCUT2D eigenvalue weighted by Gasteiger charge is 2.09. The van der Waals surface area contributed by atoms with Crippen molar-refractivity contribution in [2.75, 3.05) is 0 Å². The smallest absolute Gasteiger partial charge is 0.308 e. The SMILES string of the molecule is CC(=O)Oc1sccc1CC(N)=O. The van der Waals surface area contributed by atoms with Gasteiger partial charge in [-0.2, -0.15) is 0 Å². The molecule has 0 saturated carbocycles. The monoisotopic (exact) mass is 199 g/mol. The molecule has 2 N–H and O–H groups in total. The van der Waals surface area contributed by atoms with Crippen LogP contribution in [0.5, 0.6) is 5.06 Å². The minimum absolute atomic E-state index is 0.103. The van der Waals surface area contributed by atoms with Crippen molar-refractivity contribution < 1.29 is 14.3 Å². The predicted molar refractivity (Wildman–Crippen MR) is 48.5 cm³/mol. The third kappa shape index (κ3) is 2.87. The van der Waals surface area contributed by atoms with Gasteiger partial charge in [0.2, 0.25) is 5.91 Å². The number of primary amides is 1. The molecular formula is C8H9NO3S. The Kier molecular flexibility index (Phi) is 3.02. The largest absolute Gasteiger partial charge is 0.415 e. The highest BCUT2D eigenvalue weighted by Crippen LogP contribution is 2.26. The van der Waals surface area contributed by atoms with Crippen LogP contribution < -0.4 is 10.5 Å². The van der Waals surface area contributed by atoms with Gasteiger partial charge in [0.25, 0.3) is 0 Å². The van der Waals surface area contributed by atoms with Crippen LogP contribution in [0.2, 0.25) is 0 Å². The number of carbonyl (C=O) groups is 2. The van der Waals surface area contributed by atoms with Gasteiger partial charge in [0.15, 0.2) is 5.06 Å². The van der Waals surface area contributed by atoms with E-state index in [2.05, 4.69) is 0 Å². The summed E-state index contributed by atoms with van der Waals surface area (Å²) in [4.78, 5) is 21.2. The van der Waals surface area contributed by atoms with Crippen molar-refractivity contribution in [1.29, 1.82) is 0 Å². The Labute approximate surface area is 79.3 Å². The molecule has 0 aliphatic heterocycles. The number of hydrogen-bond donors (Lipinski definition) is 1. The first kappa shape index (κ1) is 9.73. The molecule has 1 aromatic heterocycles. The van der Waals surface area contributed by atoms with Crippen molar-refractivity contribution in [1.82, 2.24) is 0 Å². The number of amides is 1. The van der Waals surface area contributed by atoms with Crippen molar-refractivity contribution in [2.45, 2.75) is 13.3 Å². The lowest BCUT2D eigenvalue weighted by Gasteiger charge is -1.99. The summed E-state index contributed by atoms with van der Waals surface area (Å²) < 4.78 is 4.86. The standard InChI is InChI=1S/C8H9NO3S/c1-5(10)12-8-6(2-3-13-8)4-7(9)11/h2-3H,4H2,1H3,(H2,9,11). The van der Waals surface area contributed by atoms with E-state index in [1.54, 1.807) is 11.4 Å². The first-order valence-corrected chi connectivity index (χ1v) is 4.50. The van der Waals surface area contributed by atoms with E-state index < -0.39 is 11.9 Å². The van der Waals surface area contributed by atoms with E-state index in [4.69, 9.17) is 10.5 Å². The summed E-state index contributed by atoms with van der Waals surface area (Å²) in [7, 11) is 0. The van der Waals surface area contributed by atoms with Crippen LogP contribution in [-0.4, -0.2) is 11.9 Å². The number of rotatable bonds is 3. The minimum Gasteiger partial charge on any atom is -0.415 e. The molecule has 0 atom stereocenters. The lowest BCUT2D eigenvalue weighted by atomic mass is 10.2. The number of ether oxygens (including phenoxy) is 1. The maximum atomic E-state index is 10.6. The van der Waals surface area contributed by atoms with Crippen LogP contribution in [0.15, 0.2) is 11.4 Å². The van der Waals surface area contributed by atoms with Gasteiger partial charge in [-0.3, -0.25) is 9.59 Å². The molecule has 0 unspecified atom stereocenters. The molecular weight excluding hydrogens is 190 g/mol. The van der Waals surface area contributed by atoms with E-state index in [-0.39, 0.29) is 6.42 Å². The van der Waals surface area contributed by atoms with Gasteiger partial charge in [0.1, 0.15) is 0 Å². The van der Waals surface area contributed by atoms with Crippen LogP contribution in [0.3, 0.4) is 0 Å². The van der Waals surface area contributed by atoms with Crippen LogP contribution in [0.4, 0.5) is 0 Å². The Morgan fingerprint density at radius 3 is 2.85 bits per heavy atom. The molecule has 0 spiro atoms. The van der Waals surface area contributed by atoms with Crippen LogP contribution >= 0.6 is 11.3 Å². The number of esters is 1. The molecule has 0 aliphatic carbocycles. The van der Waals surface area contributed by atoms with E-state index in [1.807, 2.05) is 0 Å². The summed E-state index contributed by atoms with van der Waals surface area (Å²) in [5.74, 6) is -0.833. The molecule has 1 amide bonds. The van der Waals surface area contributed by atoms with Crippen molar-refractivity contribution in [2.24, 2.45) is 5.73 Å². The van der Waals surface area contributed by atoms with Crippen LogP contribution in [0, 0.1) is 0 Å². The Bertz CT molecular complexity index is 301. The predicted octanol–water partition coefficient (Wildman–Crippen LogP) is 0.701. The van der Waals surface area contributed by atoms with Gasteiger partial charge >= 0.3 is 5.97 Å². The van der Waals surface area contributed by atoms with Gasteiger partial charge in [0, 0.05) is 12.5 Å². The zero-order valence-electron chi connectivity index (χ0n) is 7.07. The molecule has 0 aliphatic rings. The molecule has 5 heteroatoms. The van der Waals surface area contributed by atoms with Crippen molar-refractivity contribution in [3.63, 3.8) is 0 Å². The third-order valence-corrected chi connectivity index (χ3v) is 2.14. The Balaban J connectivity index is 2.76. The average molecular weight is 199 g/mol. The van der Waals surface area contributed by atoms with Crippen molar-refractivity contribution in [3.05, 3.63) is 17.0 Å². The molecule has 0 saturated heterocycles. The highest BCUT2D eigenvalue weighted by molar-refractivity contribution is 7.12. The van der Waals surface area contributed by atoms with Crippen molar-refractivity contribution >= 4 is 23.2 Å². The number of thiophene rings is 1. The summed E-state index contributed by atoms with van der Waals surface area (Å²) >= 11 is 1.27. The maximum absolute atomic E-state index is 10.6. The van der Waals surface area contributed by atoms with E-state index in [0.717, 1.165) is 0 Å². The molecule has 0 aromatic carbocycles. The van der Waals surface area contributed by atoms with Gasteiger partial charge in [-0.1, -0.05) is 0 Å². The summed E-state index contributed by atoms with van der Waals surface area (Å²) in [6, 6.07) is 1.72. The van der Waals surface area contributed by atoms with E-state index in [9.17, 15) is 9.59 Å². The van der Waals surface area contributed by atoms with E-state index in [0.29, 0.717) is 10.6 Å². The molecule has 1 rings (SSSR count). The second-order valence-corrected chi connectivity index (χ2v) is 3.35. The Morgan fingerprint density at radius 1 is 1.62 bits per heavy atom. The first-order chi connectivity index (χ1) is 6.09. The second-order valence-electron chi connectivity index (χ2n) is 2.47. The molecule has 0 bridgehead atoms. The first-order valence-electron chi connectivity index (χ1n) is 3.62. The zero-order valence-corrected chi connectivity index (χ0v) is 7.89. The van der Waals surface area contributed by atoms with Crippen LogP contribution in [-0.2, 0) is 16.0 Å². The fourth-order valence-corrected chi connectivity index (χ4v) is 1.67. The second kappa shape index (κ2) is 4.04. The van der Waals surface area contributed by atoms with Crippen LogP contribution in [0.1, 0.15) is 12.5 Å². The summed E-state index contributed by atoms with van der Waals surface area (Å²) in [5.41, 5.74) is 5.67. The third-order valence-electron chi connectivity index (χ3n) is 1.31. The van der Waals surface area contributed by atoms with Gasteiger partial charge in [-0.25, -0.2) is 0 Å². The summed E-state index contributed by atoms with van der Waals surface area (Å²) in [6.45, 7) is 1.31. The highest BCUT2D eigenvalue weighted by atomic mass is 32.1. The topological polar surface area (TPSA) is 69.4 Å². The average Bonchev–Trinajstić information content (AvgIpc) is 2.34. The van der Waals surface area contributed by atoms with Gasteiger partial charge in [-0.05, 0) is 11.4 Å². The van der Waals surface area contributed by atoms with E-state index in [1.165, 1.54) is 18.3 Å². The summed E-state index contributed by atoms with van der Waals surface area (Å²) in [6.07, 6.45) is 0.103. The van der Waals surface area contributed by atoms with Gasteiger partial charge in [0.05, 0.1) is 6.42 Å². The van der Waals surface area contributed by atoms with Crippen molar-refractivity contribution in [3.8, 4) is 5.06 Å². The minimum atomic E-state index is -0.438. The molecule has 70 valence electrons. The normalized spacial score (nSPS) is 9.62. The maximum Gasteiger partial charge on any atom is 0.308 e. The lowest BCUT2D eigenvalue weighted by Crippen LogP contribution is -2.14. The fourth-order valence-electron chi connectivity index (χ4n) is 0.861. The van der Waals surface area contributed by atoms with Gasteiger partial charge < -0.3 is 10.5 Å².